The second-order valence-electron chi connectivity index (χ2n) is 6.61. The van der Waals surface area contributed by atoms with Crippen LogP contribution in [-0.4, -0.2) is 21.6 Å². The van der Waals surface area contributed by atoms with Crippen molar-refractivity contribution in [2.24, 2.45) is 0 Å². The molecule has 2 aromatic carbocycles. The van der Waals surface area contributed by atoms with Crippen LogP contribution in [0.5, 0.6) is 0 Å². The minimum absolute atomic E-state index is 0.743. The molecule has 4 aromatic rings. The summed E-state index contributed by atoms with van der Waals surface area (Å²) in [6.07, 6.45) is 3.92. The molecule has 0 bridgehead atoms. The van der Waals surface area contributed by atoms with E-state index >= 15 is 0 Å². The van der Waals surface area contributed by atoms with E-state index in [9.17, 15) is 0 Å². The van der Waals surface area contributed by atoms with Gasteiger partial charge in [0.1, 0.15) is 5.82 Å². The lowest BCUT2D eigenvalue weighted by Crippen LogP contribution is -2.20. The molecule has 0 aliphatic carbocycles. The van der Waals surface area contributed by atoms with Crippen molar-refractivity contribution in [1.82, 2.24) is 14.5 Å². The predicted octanol–water partition coefficient (Wildman–Crippen LogP) is 4.42. The third-order valence-electron chi connectivity index (χ3n) is 4.61. The van der Waals surface area contributed by atoms with Crippen molar-refractivity contribution in [3.63, 3.8) is 0 Å². The van der Waals surface area contributed by atoms with Crippen LogP contribution in [0.15, 0.2) is 73.1 Å². The molecule has 0 amide bonds. The summed E-state index contributed by atoms with van der Waals surface area (Å²) in [7, 11) is 2.11. The maximum atomic E-state index is 4.64. The van der Waals surface area contributed by atoms with E-state index < -0.39 is 0 Å². The van der Waals surface area contributed by atoms with Gasteiger partial charge in [0, 0.05) is 42.8 Å². The van der Waals surface area contributed by atoms with E-state index in [1.807, 2.05) is 31.5 Å². The topological polar surface area (TPSA) is 34.0 Å². The number of benzene rings is 2. The Kier molecular flexibility index (Phi) is 4.40. The highest BCUT2D eigenvalue weighted by Gasteiger charge is 2.12. The minimum Gasteiger partial charge on any atom is -0.367 e. The Morgan fingerprint density at radius 2 is 1.77 bits per heavy atom. The molecule has 2 aromatic heterocycles. The number of aryl methyl sites for hydroxylation is 1. The quantitative estimate of drug-likeness (QED) is 0.538. The highest BCUT2D eigenvalue weighted by Crippen LogP contribution is 2.26. The summed E-state index contributed by atoms with van der Waals surface area (Å²) in [5.74, 6) is 1.05. The van der Waals surface area contributed by atoms with E-state index in [1.165, 1.54) is 16.6 Å². The van der Waals surface area contributed by atoms with E-state index in [0.717, 1.165) is 30.1 Å². The predicted molar refractivity (Wildman–Crippen MR) is 106 cm³/mol. The molecule has 0 aliphatic heterocycles. The Bertz CT molecular complexity index is 1020. The molecule has 0 unspecified atom stereocenters. The molecule has 0 saturated heterocycles. The van der Waals surface area contributed by atoms with E-state index in [1.54, 1.807) is 0 Å². The van der Waals surface area contributed by atoms with E-state index in [2.05, 4.69) is 75.0 Å². The highest BCUT2D eigenvalue weighted by molar-refractivity contribution is 5.91. The maximum absolute atomic E-state index is 4.64. The molecular weight excluding hydrogens is 320 g/mol. The molecule has 0 spiro atoms. The van der Waals surface area contributed by atoms with Gasteiger partial charge in [-0.2, -0.15) is 0 Å². The van der Waals surface area contributed by atoms with Gasteiger partial charge in [-0.05, 0) is 24.6 Å². The summed E-state index contributed by atoms with van der Waals surface area (Å²) in [6.45, 7) is 3.62. The van der Waals surface area contributed by atoms with Gasteiger partial charge in [0.2, 0.25) is 0 Å². The Labute approximate surface area is 153 Å². The molecule has 26 heavy (non-hydrogen) atoms. The molecule has 0 fully saturated rings. The zero-order valence-corrected chi connectivity index (χ0v) is 15.1. The van der Waals surface area contributed by atoms with Gasteiger partial charge < -0.3 is 9.47 Å². The van der Waals surface area contributed by atoms with Gasteiger partial charge in [-0.15, -0.1) is 0 Å². The number of hydrogen-bond donors (Lipinski definition) is 0. The Morgan fingerprint density at radius 3 is 2.62 bits per heavy atom. The van der Waals surface area contributed by atoms with Crippen molar-refractivity contribution < 1.29 is 0 Å². The minimum atomic E-state index is 0.743. The van der Waals surface area contributed by atoms with Crippen molar-refractivity contribution in [3.8, 4) is 0 Å². The summed E-state index contributed by atoms with van der Waals surface area (Å²) < 4.78 is 2.21. The number of fused-ring (bicyclic) bond motifs is 1. The van der Waals surface area contributed by atoms with Crippen molar-refractivity contribution in [3.05, 3.63) is 90.1 Å². The Morgan fingerprint density at radius 1 is 1.00 bits per heavy atom. The van der Waals surface area contributed by atoms with Crippen molar-refractivity contribution in [2.75, 3.05) is 11.9 Å². The number of para-hydroxylation sites is 1. The van der Waals surface area contributed by atoms with Gasteiger partial charge in [-0.3, -0.25) is 4.98 Å². The molecule has 4 heteroatoms. The monoisotopic (exact) mass is 342 g/mol. The third kappa shape index (κ3) is 3.31. The summed E-state index contributed by atoms with van der Waals surface area (Å²) in [5, 5.41) is 1.17. The molecule has 4 nitrogen and oxygen atoms in total. The fraction of sp³-hybridized carbons (Fsp3) is 0.182. The maximum Gasteiger partial charge on any atom is 0.128 e. The molecular formula is C22H22N4. The van der Waals surface area contributed by atoms with Crippen LogP contribution in [0, 0.1) is 6.92 Å². The van der Waals surface area contributed by atoms with Gasteiger partial charge in [0.15, 0.2) is 0 Å². The van der Waals surface area contributed by atoms with Crippen LogP contribution in [0.1, 0.15) is 17.1 Å². The van der Waals surface area contributed by atoms with Crippen LogP contribution in [0.3, 0.4) is 0 Å². The summed E-state index contributed by atoms with van der Waals surface area (Å²) in [4.78, 5) is 11.5. The van der Waals surface area contributed by atoms with Gasteiger partial charge in [-0.1, -0.05) is 48.5 Å². The first-order valence-corrected chi connectivity index (χ1v) is 8.82. The van der Waals surface area contributed by atoms with Gasteiger partial charge in [-0.25, -0.2) is 4.98 Å². The number of rotatable bonds is 5. The molecule has 0 N–H and O–H groups in total. The molecule has 0 atom stereocenters. The fourth-order valence-corrected chi connectivity index (χ4v) is 3.31. The van der Waals surface area contributed by atoms with Crippen molar-refractivity contribution >= 4 is 16.6 Å². The second kappa shape index (κ2) is 7.00. The zero-order chi connectivity index (χ0) is 17.9. The van der Waals surface area contributed by atoms with E-state index in [0.29, 0.717) is 0 Å². The average molecular weight is 342 g/mol. The number of aromatic nitrogens is 3. The lowest BCUT2D eigenvalue weighted by molar-refractivity contribution is 0.708. The number of hydrogen-bond acceptors (Lipinski definition) is 3. The standard InChI is InChI=1S/C22H22N4/c1-17-14-21(19-10-6-7-11-20(19)24-17)25(2)16-22-23-12-13-26(22)15-18-8-4-3-5-9-18/h3-14H,15-16H2,1-2H3. The fourth-order valence-electron chi connectivity index (χ4n) is 3.31. The summed E-state index contributed by atoms with van der Waals surface area (Å²) in [6, 6.07) is 20.9. The lowest BCUT2D eigenvalue weighted by atomic mass is 10.1. The molecule has 0 aliphatic rings. The first-order valence-electron chi connectivity index (χ1n) is 8.82. The van der Waals surface area contributed by atoms with Crippen LogP contribution in [0.4, 0.5) is 5.69 Å². The molecule has 130 valence electrons. The number of pyridine rings is 1. The van der Waals surface area contributed by atoms with Gasteiger partial charge in [0.05, 0.1) is 12.1 Å². The largest absolute Gasteiger partial charge is 0.367 e. The molecule has 0 saturated carbocycles. The highest BCUT2D eigenvalue weighted by atomic mass is 15.2. The van der Waals surface area contributed by atoms with Crippen molar-refractivity contribution in [2.45, 2.75) is 20.0 Å². The van der Waals surface area contributed by atoms with Gasteiger partial charge in [0.25, 0.3) is 0 Å². The molecule has 0 radical (unpaired) electrons. The van der Waals surface area contributed by atoms with Crippen LogP contribution < -0.4 is 4.90 Å². The van der Waals surface area contributed by atoms with Crippen LogP contribution in [0.2, 0.25) is 0 Å². The first-order chi connectivity index (χ1) is 12.7. The van der Waals surface area contributed by atoms with Crippen molar-refractivity contribution in [1.29, 1.82) is 0 Å². The van der Waals surface area contributed by atoms with E-state index in [-0.39, 0.29) is 0 Å². The second-order valence-corrected chi connectivity index (χ2v) is 6.61. The number of nitrogens with zero attached hydrogens (tertiary/aromatic N) is 4. The van der Waals surface area contributed by atoms with Gasteiger partial charge >= 0.3 is 0 Å². The molecule has 4 rings (SSSR count). The third-order valence-corrected chi connectivity index (χ3v) is 4.61. The number of anilines is 1. The first kappa shape index (κ1) is 16.3. The lowest BCUT2D eigenvalue weighted by Gasteiger charge is -2.22. The average Bonchev–Trinajstić information content (AvgIpc) is 3.08. The zero-order valence-electron chi connectivity index (χ0n) is 15.1. The Hall–Kier alpha value is -3.14. The van der Waals surface area contributed by atoms with Crippen LogP contribution in [0.25, 0.3) is 10.9 Å². The number of imidazole rings is 1. The Balaban J connectivity index is 1.62. The molecule has 2 heterocycles. The van der Waals surface area contributed by atoms with E-state index in [4.69, 9.17) is 0 Å². The normalized spacial score (nSPS) is 11.0. The smallest absolute Gasteiger partial charge is 0.128 e. The summed E-state index contributed by atoms with van der Waals surface area (Å²) >= 11 is 0. The van der Waals surface area contributed by atoms with Crippen LogP contribution >= 0.6 is 0 Å². The SMILES string of the molecule is Cc1cc(N(C)Cc2nccn2Cc2ccccc2)c2ccccc2n1. The van der Waals surface area contributed by atoms with Crippen LogP contribution in [-0.2, 0) is 13.1 Å². The summed E-state index contributed by atoms with van der Waals surface area (Å²) in [5.41, 5.74) is 4.52.